The molecule has 0 bridgehead atoms. The van der Waals surface area contributed by atoms with Gasteiger partial charge in [0.05, 0.1) is 0 Å². The highest BCUT2D eigenvalue weighted by Crippen LogP contribution is 2.34. The van der Waals surface area contributed by atoms with Crippen molar-refractivity contribution >= 4 is 0 Å². The summed E-state index contributed by atoms with van der Waals surface area (Å²) < 4.78 is 0. The van der Waals surface area contributed by atoms with Crippen LogP contribution < -0.4 is 5.32 Å². The molecule has 1 fully saturated rings. The van der Waals surface area contributed by atoms with Gasteiger partial charge in [0.25, 0.3) is 0 Å². The molecular formula is C17H28N2. The van der Waals surface area contributed by atoms with Gasteiger partial charge in [-0.25, -0.2) is 0 Å². The van der Waals surface area contributed by atoms with E-state index in [1.807, 2.05) is 0 Å². The Bertz CT molecular complexity index is 439. The van der Waals surface area contributed by atoms with Gasteiger partial charge in [-0.05, 0) is 43.1 Å². The van der Waals surface area contributed by atoms with E-state index in [1.54, 1.807) is 0 Å². The molecule has 0 saturated carbocycles. The molecule has 1 unspecified atom stereocenters. The molecule has 19 heavy (non-hydrogen) atoms. The molecule has 2 rings (SSSR count). The Morgan fingerprint density at radius 1 is 1.21 bits per heavy atom. The number of nitrogens with one attached hydrogen (secondary N) is 1. The van der Waals surface area contributed by atoms with Crippen LogP contribution >= 0.6 is 0 Å². The lowest BCUT2D eigenvalue weighted by atomic mass is 9.80. The monoisotopic (exact) mass is 260 g/mol. The second kappa shape index (κ2) is 5.26. The molecule has 1 saturated heterocycles. The van der Waals surface area contributed by atoms with Crippen LogP contribution in [0.15, 0.2) is 18.2 Å². The summed E-state index contributed by atoms with van der Waals surface area (Å²) in [6.45, 7) is 11.4. The molecule has 106 valence electrons. The standard InChI is InChI=1S/C17H28N2/c1-12-7-8-14(17(2,3)4)9-15(12)16(19(5)6)13-10-18-11-13/h7-9,13,16,18H,10-11H2,1-6H3. The molecule has 1 aromatic rings. The van der Waals surface area contributed by atoms with E-state index in [4.69, 9.17) is 0 Å². The molecule has 0 aliphatic carbocycles. The molecule has 2 nitrogen and oxygen atoms in total. The van der Waals surface area contributed by atoms with Gasteiger partial charge in [-0.15, -0.1) is 0 Å². The van der Waals surface area contributed by atoms with E-state index in [0.29, 0.717) is 6.04 Å². The van der Waals surface area contributed by atoms with Gasteiger partial charge in [-0.2, -0.15) is 0 Å². The van der Waals surface area contributed by atoms with Crippen LogP contribution in [-0.4, -0.2) is 32.1 Å². The summed E-state index contributed by atoms with van der Waals surface area (Å²) in [6, 6.07) is 7.53. The van der Waals surface area contributed by atoms with E-state index in [9.17, 15) is 0 Å². The molecule has 1 aliphatic heterocycles. The third-order valence-electron chi connectivity index (χ3n) is 4.28. The van der Waals surface area contributed by atoms with E-state index in [-0.39, 0.29) is 5.41 Å². The molecule has 1 N–H and O–H groups in total. The average molecular weight is 260 g/mol. The first-order valence-electron chi connectivity index (χ1n) is 7.29. The van der Waals surface area contributed by atoms with Crippen molar-refractivity contribution in [3.63, 3.8) is 0 Å². The van der Waals surface area contributed by atoms with Crippen molar-refractivity contribution in [1.29, 1.82) is 0 Å². The van der Waals surface area contributed by atoms with Gasteiger partial charge in [0, 0.05) is 25.0 Å². The van der Waals surface area contributed by atoms with Gasteiger partial charge in [-0.3, -0.25) is 0 Å². The maximum atomic E-state index is 3.40. The number of hydrogen-bond acceptors (Lipinski definition) is 2. The smallest absolute Gasteiger partial charge is 0.0397 e. The lowest BCUT2D eigenvalue weighted by Crippen LogP contribution is -2.48. The normalized spacial score (nSPS) is 18.5. The van der Waals surface area contributed by atoms with Gasteiger partial charge >= 0.3 is 0 Å². The van der Waals surface area contributed by atoms with Crippen LogP contribution in [0.5, 0.6) is 0 Å². The minimum Gasteiger partial charge on any atom is -0.316 e. The molecule has 1 aliphatic rings. The predicted octanol–water partition coefficient (Wildman–Crippen LogP) is 3.11. The van der Waals surface area contributed by atoms with Crippen molar-refractivity contribution < 1.29 is 0 Å². The fourth-order valence-electron chi connectivity index (χ4n) is 2.91. The Morgan fingerprint density at radius 2 is 1.84 bits per heavy atom. The zero-order valence-electron chi connectivity index (χ0n) is 13.2. The second-order valence-electron chi connectivity index (χ2n) is 7.15. The highest BCUT2D eigenvalue weighted by Gasteiger charge is 2.31. The first kappa shape index (κ1) is 14.5. The van der Waals surface area contributed by atoms with Crippen molar-refractivity contribution in [1.82, 2.24) is 10.2 Å². The minimum absolute atomic E-state index is 0.219. The van der Waals surface area contributed by atoms with Crippen molar-refractivity contribution in [3.05, 3.63) is 34.9 Å². The number of rotatable bonds is 3. The highest BCUT2D eigenvalue weighted by atomic mass is 15.1. The maximum absolute atomic E-state index is 3.40. The van der Waals surface area contributed by atoms with Crippen molar-refractivity contribution in [2.24, 2.45) is 5.92 Å². The third kappa shape index (κ3) is 3.01. The van der Waals surface area contributed by atoms with E-state index in [0.717, 1.165) is 19.0 Å². The lowest BCUT2D eigenvalue weighted by molar-refractivity contribution is 0.160. The van der Waals surface area contributed by atoms with Crippen LogP contribution in [0.2, 0.25) is 0 Å². The molecule has 0 spiro atoms. The Balaban J connectivity index is 2.40. The van der Waals surface area contributed by atoms with Crippen LogP contribution in [0, 0.1) is 12.8 Å². The second-order valence-corrected chi connectivity index (χ2v) is 7.15. The minimum atomic E-state index is 0.219. The lowest BCUT2D eigenvalue weighted by Gasteiger charge is -2.40. The van der Waals surface area contributed by atoms with Crippen LogP contribution in [0.4, 0.5) is 0 Å². The SMILES string of the molecule is Cc1ccc(C(C)(C)C)cc1C(C1CNC1)N(C)C. The van der Waals surface area contributed by atoms with Crippen molar-refractivity contribution in [3.8, 4) is 0 Å². The maximum Gasteiger partial charge on any atom is 0.0397 e. The van der Waals surface area contributed by atoms with E-state index in [2.05, 4.69) is 70.2 Å². The Labute approximate surface area is 118 Å². The van der Waals surface area contributed by atoms with Gasteiger partial charge < -0.3 is 10.2 Å². The Kier molecular flexibility index (Phi) is 4.03. The van der Waals surface area contributed by atoms with Crippen LogP contribution in [0.3, 0.4) is 0 Å². The fraction of sp³-hybridized carbons (Fsp3) is 0.647. The third-order valence-corrected chi connectivity index (χ3v) is 4.28. The molecule has 2 heteroatoms. The first-order valence-corrected chi connectivity index (χ1v) is 7.29. The predicted molar refractivity (Wildman–Crippen MR) is 82.7 cm³/mol. The van der Waals surface area contributed by atoms with E-state index < -0.39 is 0 Å². The van der Waals surface area contributed by atoms with Crippen molar-refractivity contribution in [2.75, 3.05) is 27.2 Å². The topological polar surface area (TPSA) is 15.3 Å². The van der Waals surface area contributed by atoms with Crippen molar-refractivity contribution in [2.45, 2.75) is 39.2 Å². The van der Waals surface area contributed by atoms with Gasteiger partial charge in [-0.1, -0.05) is 39.0 Å². The first-order chi connectivity index (χ1) is 8.80. The summed E-state index contributed by atoms with van der Waals surface area (Å²) >= 11 is 0. The molecule has 0 radical (unpaired) electrons. The summed E-state index contributed by atoms with van der Waals surface area (Å²) in [4.78, 5) is 2.38. The summed E-state index contributed by atoms with van der Waals surface area (Å²) in [6.07, 6.45) is 0. The Hall–Kier alpha value is -0.860. The summed E-state index contributed by atoms with van der Waals surface area (Å²) in [5.74, 6) is 0.740. The summed E-state index contributed by atoms with van der Waals surface area (Å²) in [5.41, 5.74) is 4.58. The highest BCUT2D eigenvalue weighted by molar-refractivity contribution is 5.37. The summed E-state index contributed by atoms with van der Waals surface area (Å²) in [5, 5.41) is 3.40. The molecule has 0 amide bonds. The van der Waals surface area contributed by atoms with Crippen LogP contribution in [0.25, 0.3) is 0 Å². The van der Waals surface area contributed by atoms with Gasteiger partial charge in [0.2, 0.25) is 0 Å². The number of nitrogens with zero attached hydrogens (tertiary/aromatic N) is 1. The molecule has 0 aromatic heterocycles. The number of hydrogen-bond donors (Lipinski definition) is 1. The number of aryl methyl sites for hydroxylation is 1. The Morgan fingerprint density at radius 3 is 2.26 bits per heavy atom. The largest absolute Gasteiger partial charge is 0.316 e. The summed E-state index contributed by atoms with van der Waals surface area (Å²) in [7, 11) is 4.40. The van der Waals surface area contributed by atoms with Crippen LogP contribution in [0.1, 0.15) is 43.5 Å². The molecule has 1 heterocycles. The average Bonchev–Trinajstić information content (AvgIpc) is 2.22. The molecular weight excluding hydrogens is 232 g/mol. The van der Waals surface area contributed by atoms with Gasteiger partial charge in [0.15, 0.2) is 0 Å². The molecule has 1 aromatic carbocycles. The van der Waals surface area contributed by atoms with Crippen LogP contribution in [-0.2, 0) is 5.41 Å². The molecule has 1 atom stereocenters. The zero-order chi connectivity index (χ0) is 14.2. The quantitative estimate of drug-likeness (QED) is 0.898. The van der Waals surface area contributed by atoms with Gasteiger partial charge in [0.1, 0.15) is 0 Å². The van der Waals surface area contributed by atoms with E-state index >= 15 is 0 Å². The fourth-order valence-corrected chi connectivity index (χ4v) is 2.91. The van der Waals surface area contributed by atoms with E-state index in [1.165, 1.54) is 16.7 Å². The number of benzene rings is 1. The zero-order valence-corrected chi connectivity index (χ0v) is 13.2.